The second-order valence-electron chi connectivity index (χ2n) is 6.22. The number of esters is 1. The van der Waals surface area contributed by atoms with E-state index in [1.165, 1.54) is 0 Å². The molecule has 0 radical (unpaired) electrons. The van der Waals surface area contributed by atoms with E-state index in [-0.39, 0.29) is 23.7 Å². The first-order valence-electron chi connectivity index (χ1n) is 8.97. The molecule has 1 aliphatic heterocycles. The minimum atomic E-state index is -0.123. The van der Waals surface area contributed by atoms with Crippen LogP contribution in [0.15, 0.2) is 4.99 Å². The van der Waals surface area contributed by atoms with Gasteiger partial charge in [0, 0.05) is 32.1 Å². The average Bonchev–Trinajstić information content (AvgIpc) is 2.57. The van der Waals surface area contributed by atoms with E-state index in [1.807, 2.05) is 27.7 Å². The summed E-state index contributed by atoms with van der Waals surface area (Å²) in [5.74, 6) is 0.598. The number of hydrogen-bond acceptors (Lipinski definition) is 4. The summed E-state index contributed by atoms with van der Waals surface area (Å²) in [6.45, 7) is 11.3. The van der Waals surface area contributed by atoms with Gasteiger partial charge in [0.15, 0.2) is 5.96 Å². The van der Waals surface area contributed by atoms with Crippen LogP contribution in [0.2, 0.25) is 0 Å². The monoisotopic (exact) mass is 340 g/mol. The highest BCUT2D eigenvalue weighted by atomic mass is 16.5. The minimum absolute atomic E-state index is 0.0188. The summed E-state index contributed by atoms with van der Waals surface area (Å²) < 4.78 is 5.14. The number of hydrogen-bond donors (Lipinski definition) is 2. The molecular formula is C17H32N4O3. The summed E-state index contributed by atoms with van der Waals surface area (Å²) in [6, 6.07) is 0. The van der Waals surface area contributed by atoms with Crippen molar-refractivity contribution in [2.75, 3.05) is 39.3 Å². The third-order valence-corrected chi connectivity index (χ3v) is 3.87. The molecule has 0 spiro atoms. The molecule has 0 aromatic carbocycles. The Kier molecular flexibility index (Phi) is 9.19. The number of nitrogens with zero attached hydrogens (tertiary/aromatic N) is 2. The number of carbonyl (C=O) groups is 2. The topological polar surface area (TPSA) is 83.0 Å². The number of likely N-dealkylation sites (tertiary alicyclic amines) is 1. The maximum Gasteiger partial charge on any atom is 0.310 e. The fourth-order valence-electron chi connectivity index (χ4n) is 2.59. The second-order valence-corrected chi connectivity index (χ2v) is 6.22. The van der Waals surface area contributed by atoms with Gasteiger partial charge in [-0.05, 0) is 26.7 Å². The third-order valence-electron chi connectivity index (χ3n) is 3.87. The predicted octanol–water partition coefficient (Wildman–Crippen LogP) is 0.999. The van der Waals surface area contributed by atoms with E-state index < -0.39 is 0 Å². The van der Waals surface area contributed by atoms with Gasteiger partial charge < -0.3 is 20.3 Å². The second kappa shape index (κ2) is 10.9. The van der Waals surface area contributed by atoms with Gasteiger partial charge in [-0.15, -0.1) is 0 Å². The summed E-state index contributed by atoms with van der Waals surface area (Å²) in [5.41, 5.74) is 0. The lowest BCUT2D eigenvalue weighted by Gasteiger charge is -2.34. The molecule has 24 heavy (non-hydrogen) atoms. The SMILES string of the molecule is CCNC(=NCCNC(=O)C(C)C)N1CCCC(C(=O)OCC)C1. The van der Waals surface area contributed by atoms with Gasteiger partial charge in [-0.1, -0.05) is 13.8 Å². The molecule has 1 unspecified atom stereocenters. The van der Waals surface area contributed by atoms with Gasteiger partial charge in [0.2, 0.25) is 5.91 Å². The van der Waals surface area contributed by atoms with Gasteiger partial charge in [-0.3, -0.25) is 14.6 Å². The Morgan fingerprint density at radius 2 is 2.04 bits per heavy atom. The molecule has 2 N–H and O–H groups in total. The summed E-state index contributed by atoms with van der Waals surface area (Å²) >= 11 is 0. The predicted molar refractivity (Wildman–Crippen MR) is 94.8 cm³/mol. The standard InChI is InChI=1S/C17H32N4O3/c1-5-18-17(20-10-9-19-15(22)13(3)4)21-11-7-8-14(12-21)16(23)24-6-2/h13-14H,5-12H2,1-4H3,(H,18,20)(H,19,22). The molecule has 7 nitrogen and oxygen atoms in total. The Morgan fingerprint density at radius 3 is 2.67 bits per heavy atom. The van der Waals surface area contributed by atoms with Crippen molar-refractivity contribution in [2.24, 2.45) is 16.8 Å². The fourth-order valence-corrected chi connectivity index (χ4v) is 2.59. The lowest BCUT2D eigenvalue weighted by molar-refractivity contribution is -0.149. The molecule has 0 saturated carbocycles. The lowest BCUT2D eigenvalue weighted by atomic mass is 9.98. The summed E-state index contributed by atoms with van der Waals surface area (Å²) in [7, 11) is 0. The van der Waals surface area contributed by atoms with E-state index in [1.54, 1.807) is 0 Å². The van der Waals surface area contributed by atoms with Crippen LogP contribution in [-0.2, 0) is 14.3 Å². The van der Waals surface area contributed by atoms with Crippen LogP contribution in [0.5, 0.6) is 0 Å². The van der Waals surface area contributed by atoms with Crippen LogP contribution in [0, 0.1) is 11.8 Å². The molecule has 0 aromatic rings. The van der Waals surface area contributed by atoms with Gasteiger partial charge in [-0.25, -0.2) is 0 Å². The van der Waals surface area contributed by atoms with Crippen LogP contribution >= 0.6 is 0 Å². The Morgan fingerprint density at radius 1 is 1.29 bits per heavy atom. The van der Waals surface area contributed by atoms with Crippen LogP contribution < -0.4 is 10.6 Å². The van der Waals surface area contributed by atoms with Gasteiger partial charge in [-0.2, -0.15) is 0 Å². The molecule has 1 atom stereocenters. The maximum atomic E-state index is 12.0. The Hall–Kier alpha value is -1.79. The lowest BCUT2D eigenvalue weighted by Crippen LogP contribution is -2.48. The van der Waals surface area contributed by atoms with Gasteiger partial charge in [0.25, 0.3) is 0 Å². The van der Waals surface area contributed by atoms with Crippen LogP contribution in [-0.4, -0.2) is 62.1 Å². The Balaban J connectivity index is 2.57. The van der Waals surface area contributed by atoms with Crippen molar-refractivity contribution in [3.8, 4) is 0 Å². The zero-order valence-corrected chi connectivity index (χ0v) is 15.4. The van der Waals surface area contributed by atoms with Crippen LogP contribution in [0.1, 0.15) is 40.5 Å². The van der Waals surface area contributed by atoms with Gasteiger partial charge >= 0.3 is 5.97 Å². The molecule has 0 aliphatic carbocycles. The number of ether oxygens (including phenoxy) is 1. The molecular weight excluding hydrogens is 308 g/mol. The van der Waals surface area contributed by atoms with Crippen molar-refractivity contribution < 1.29 is 14.3 Å². The van der Waals surface area contributed by atoms with Crippen molar-refractivity contribution in [1.82, 2.24) is 15.5 Å². The van der Waals surface area contributed by atoms with Crippen molar-refractivity contribution in [1.29, 1.82) is 0 Å². The fraction of sp³-hybridized carbons (Fsp3) is 0.824. The van der Waals surface area contributed by atoms with E-state index in [9.17, 15) is 9.59 Å². The number of carbonyl (C=O) groups excluding carboxylic acids is 2. The average molecular weight is 340 g/mol. The number of guanidine groups is 1. The third kappa shape index (κ3) is 6.76. The van der Waals surface area contributed by atoms with Crippen molar-refractivity contribution in [3.63, 3.8) is 0 Å². The largest absolute Gasteiger partial charge is 0.466 e. The molecule has 0 bridgehead atoms. The summed E-state index contributed by atoms with van der Waals surface area (Å²) in [4.78, 5) is 30.2. The molecule has 1 rings (SSSR count). The maximum absolute atomic E-state index is 12.0. The minimum Gasteiger partial charge on any atom is -0.466 e. The van der Waals surface area contributed by atoms with Crippen molar-refractivity contribution in [3.05, 3.63) is 0 Å². The van der Waals surface area contributed by atoms with Crippen LogP contribution in [0.3, 0.4) is 0 Å². The quantitative estimate of drug-likeness (QED) is 0.313. The van der Waals surface area contributed by atoms with E-state index in [4.69, 9.17) is 4.74 Å². The molecule has 1 fully saturated rings. The molecule has 138 valence electrons. The highest BCUT2D eigenvalue weighted by molar-refractivity contribution is 5.81. The molecule has 1 saturated heterocycles. The van der Waals surface area contributed by atoms with E-state index in [0.29, 0.717) is 26.2 Å². The first-order valence-corrected chi connectivity index (χ1v) is 8.97. The van der Waals surface area contributed by atoms with Crippen LogP contribution in [0.25, 0.3) is 0 Å². The molecule has 0 aromatic heterocycles. The molecule has 1 amide bonds. The van der Waals surface area contributed by atoms with E-state index >= 15 is 0 Å². The molecule has 1 heterocycles. The number of amides is 1. The molecule has 1 aliphatic rings. The number of nitrogens with one attached hydrogen (secondary N) is 2. The van der Waals surface area contributed by atoms with Gasteiger partial charge in [0.1, 0.15) is 0 Å². The number of piperidine rings is 1. The normalized spacial score (nSPS) is 18.5. The Labute approximate surface area is 145 Å². The van der Waals surface area contributed by atoms with Crippen LogP contribution in [0.4, 0.5) is 0 Å². The summed E-state index contributed by atoms with van der Waals surface area (Å²) in [6.07, 6.45) is 1.80. The molecule has 7 heteroatoms. The summed E-state index contributed by atoms with van der Waals surface area (Å²) in [5, 5.41) is 6.13. The first-order chi connectivity index (χ1) is 11.5. The smallest absolute Gasteiger partial charge is 0.310 e. The van der Waals surface area contributed by atoms with Gasteiger partial charge in [0.05, 0.1) is 19.1 Å². The number of rotatable bonds is 7. The van der Waals surface area contributed by atoms with E-state index in [0.717, 1.165) is 31.9 Å². The first kappa shape index (κ1) is 20.3. The van der Waals surface area contributed by atoms with E-state index in [2.05, 4.69) is 20.5 Å². The number of aliphatic imine (C=N–C) groups is 1. The zero-order valence-electron chi connectivity index (χ0n) is 15.4. The highest BCUT2D eigenvalue weighted by Crippen LogP contribution is 2.18. The van der Waals surface area contributed by atoms with Crippen molar-refractivity contribution in [2.45, 2.75) is 40.5 Å². The van der Waals surface area contributed by atoms with Crippen molar-refractivity contribution >= 4 is 17.8 Å². The highest BCUT2D eigenvalue weighted by Gasteiger charge is 2.28. The zero-order chi connectivity index (χ0) is 17.9. The Bertz CT molecular complexity index is 438.